The molecule has 1 aliphatic heterocycles. The number of ether oxygens (including phenoxy) is 4. The Balaban J connectivity index is 1.59. The third-order valence-corrected chi connectivity index (χ3v) is 7.18. The van der Waals surface area contributed by atoms with E-state index in [2.05, 4.69) is 10.6 Å². The van der Waals surface area contributed by atoms with Crippen LogP contribution in [0.3, 0.4) is 0 Å². The zero-order valence-electron chi connectivity index (χ0n) is 25.7. The highest BCUT2D eigenvalue weighted by atomic mass is 35.5. The van der Waals surface area contributed by atoms with E-state index < -0.39 is 30.4 Å². The molecule has 242 valence electrons. The lowest BCUT2D eigenvalue weighted by Crippen LogP contribution is -2.54. The van der Waals surface area contributed by atoms with Gasteiger partial charge in [-0.1, -0.05) is 36.2 Å². The summed E-state index contributed by atoms with van der Waals surface area (Å²) in [7, 11) is 0. The molecule has 46 heavy (non-hydrogen) atoms. The highest BCUT2D eigenvalue weighted by Crippen LogP contribution is 2.38. The molecule has 0 spiro atoms. The lowest BCUT2D eigenvalue weighted by Gasteiger charge is -2.27. The van der Waals surface area contributed by atoms with E-state index in [9.17, 15) is 19.2 Å². The average Bonchev–Trinajstić information content (AvgIpc) is 3.00. The van der Waals surface area contributed by atoms with Gasteiger partial charge in [0.15, 0.2) is 29.6 Å². The number of nitrogens with zero attached hydrogens (tertiary/aromatic N) is 1. The molecule has 2 N–H and O–H groups in total. The van der Waals surface area contributed by atoms with Crippen molar-refractivity contribution in [2.24, 2.45) is 0 Å². The first-order chi connectivity index (χ1) is 22.1. The highest BCUT2D eigenvalue weighted by molar-refractivity contribution is 6.39. The fraction of sp³-hybridized carbons (Fsp3) is 0.273. The van der Waals surface area contributed by atoms with E-state index in [1.807, 2.05) is 13.8 Å². The number of urea groups is 1. The van der Waals surface area contributed by atoms with Gasteiger partial charge in [0.25, 0.3) is 17.7 Å². The first-order valence-corrected chi connectivity index (χ1v) is 15.3. The van der Waals surface area contributed by atoms with E-state index in [-0.39, 0.29) is 34.4 Å². The number of amides is 5. The number of benzene rings is 3. The Morgan fingerprint density at radius 3 is 2.30 bits per heavy atom. The molecule has 3 aromatic carbocycles. The molecular formula is C33H33Cl2N3O8. The fourth-order valence-electron chi connectivity index (χ4n) is 4.37. The second-order valence-electron chi connectivity index (χ2n) is 9.93. The van der Waals surface area contributed by atoms with Crippen molar-refractivity contribution in [1.29, 1.82) is 0 Å². The van der Waals surface area contributed by atoms with Crippen LogP contribution in [0.4, 0.5) is 16.2 Å². The maximum atomic E-state index is 13.6. The third kappa shape index (κ3) is 8.09. The van der Waals surface area contributed by atoms with Gasteiger partial charge in [-0.2, -0.15) is 0 Å². The number of carbonyl (C=O) groups is 4. The van der Waals surface area contributed by atoms with E-state index in [1.54, 1.807) is 38.1 Å². The molecule has 0 unspecified atom stereocenters. The molecular weight excluding hydrogens is 637 g/mol. The number of anilines is 2. The molecule has 0 aliphatic carbocycles. The Morgan fingerprint density at radius 1 is 0.870 bits per heavy atom. The number of hydrogen-bond donors (Lipinski definition) is 2. The maximum absolute atomic E-state index is 13.6. The summed E-state index contributed by atoms with van der Waals surface area (Å²) in [6.45, 7) is 7.96. The molecule has 1 fully saturated rings. The standard InChI is InChI=1S/C33H33Cl2N3O8/c1-5-12-45-26-11-10-22(17-27(26)43-6-2)38-32(41)23(31(40)37-33(38)42)13-20-14-25(35)30(28(15-20)44-7-3)46-18-29(39)36-21-9-8-19(4)24(34)16-21/h8-11,13-17H,5-7,12,18H2,1-4H3,(H,36,39)(H,37,40,42)/b23-13+. The molecule has 1 heterocycles. The SMILES string of the molecule is CCCOc1ccc(N2C(=O)NC(=O)/C(=C\c3cc(Cl)c(OCC(=O)Nc4ccc(C)c(Cl)c4)c(OCC)c3)C2=O)cc1OCC. The summed E-state index contributed by atoms with van der Waals surface area (Å²) in [4.78, 5) is 52.6. The topological polar surface area (TPSA) is 132 Å². The van der Waals surface area contributed by atoms with Crippen molar-refractivity contribution in [3.8, 4) is 23.0 Å². The largest absolute Gasteiger partial charge is 0.490 e. The molecule has 0 bridgehead atoms. The summed E-state index contributed by atoms with van der Waals surface area (Å²) in [5.74, 6) is -1.14. The van der Waals surface area contributed by atoms with Crippen LogP contribution in [0.1, 0.15) is 38.3 Å². The van der Waals surface area contributed by atoms with Gasteiger partial charge in [-0.15, -0.1) is 0 Å². The highest BCUT2D eigenvalue weighted by Gasteiger charge is 2.37. The van der Waals surface area contributed by atoms with E-state index in [0.29, 0.717) is 41.0 Å². The van der Waals surface area contributed by atoms with Gasteiger partial charge < -0.3 is 24.3 Å². The summed E-state index contributed by atoms with van der Waals surface area (Å²) in [6.07, 6.45) is 2.06. The minimum atomic E-state index is -0.917. The van der Waals surface area contributed by atoms with Gasteiger partial charge in [0, 0.05) is 16.8 Å². The zero-order valence-corrected chi connectivity index (χ0v) is 27.2. The molecule has 13 heteroatoms. The molecule has 1 saturated heterocycles. The number of imide groups is 2. The number of rotatable bonds is 13. The Morgan fingerprint density at radius 2 is 1.61 bits per heavy atom. The van der Waals surface area contributed by atoms with Crippen LogP contribution in [-0.2, 0) is 14.4 Å². The molecule has 3 aromatic rings. The van der Waals surface area contributed by atoms with Gasteiger partial charge in [-0.3, -0.25) is 19.7 Å². The Kier molecular flexibility index (Phi) is 11.5. The van der Waals surface area contributed by atoms with Gasteiger partial charge in [0.1, 0.15) is 5.57 Å². The lowest BCUT2D eigenvalue weighted by molar-refractivity contribution is -0.122. The lowest BCUT2D eigenvalue weighted by atomic mass is 10.1. The van der Waals surface area contributed by atoms with Gasteiger partial charge >= 0.3 is 6.03 Å². The first-order valence-electron chi connectivity index (χ1n) is 14.5. The molecule has 1 aliphatic rings. The summed E-state index contributed by atoms with van der Waals surface area (Å²) >= 11 is 12.7. The van der Waals surface area contributed by atoms with Crippen LogP contribution in [0.2, 0.25) is 10.0 Å². The van der Waals surface area contributed by atoms with Crippen LogP contribution in [0.5, 0.6) is 23.0 Å². The number of carbonyl (C=O) groups excluding carboxylic acids is 4. The number of aryl methyl sites for hydroxylation is 1. The third-order valence-electron chi connectivity index (χ3n) is 6.49. The van der Waals surface area contributed by atoms with Crippen molar-refractivity contribution in [2.75, 3.05) is 36.6 Å². The predicted molar refractivity (Wildman–Crippen MR) is 175 cm³/mol. The maximum Gasteiger partial charge on any atom is 0.335 e. The average molecular weight is 671 g/mol. The van der Waals surface area contributed by atoms with Crippen LogP contribution in [0.15, 0.2) is 54.1 Å². The molecule has 0 aromatic heterocycles. The Labute approximate surface area is 276 Å². The monoisotopic (exact) mass is 669 g/mol. The summed E-state index contributed by atoms with van der Waals surface area (Å²) in [5.41, 5.74) is 1.53. The number of hydrogen-bond acceptors (Lipinski definition) is 8. The zero-order chi connectivity index (χ0) is 33.4. The Bertz CT molecular complexity index is 1690. The molecule has 5 amide bonds. The van der Waals surface area contributed by atoms with Crippen molar-refractivity contribution in [3.63, 3.8) is 0 Å². The van der Waals surface area contributed by atoms with Crippen LogP contribution < -0.4 is 34.5 Å². The summed E-state index contributed by atoms with van der Waals surface area (Å²) < 4.78 is 22.8. The number of barbiturate groups is 1. The van der Waals surface area contributed by atoms with Crippen LogP contribution in [0.25, 0.3) is 6.08 Å². The fourth-order valence-corrected chi connectivity index (χ4v) is 4.83. The quantitative estimate of drug-likeness (QED) is 0.154. The minimum Gasteiger partial charge on any atom is -0.490 e. The minimum absolute atomic E-state index is 0.0598. The van der Waals surface area contributed by atoms with Crippen LogP contribution in [-0.4, -0.2) is 50.2 Å². The van der Waals surface area contributed by atoms with E-state index in [1.165, 1.54) is 30.3 Å². The molecule has 0 radical (unpaired) electrons. The summed E-state index contributed by atoms with van der Waals surface area (Å²) in [5, 5.41) is 5.47. The van der Waals surface area contributed by atoms with Gasteiger partial charge in [0.05, 0.1) is 30.5 Å². The van der Waals surface area contributed by atoms with E-state index >= 15 is 0 Å². The Hall–Kier alpha value is -4.74. The molecule has 0 atom stereocenters. The van der Waals surface area contributed by atoms with Crippen molar-refractivity contribution in [2.45, 2.75) is 34.1 Å². The van der Waals surface area contributed by atoms with Crippen molar-refractivity contribution < 1.29 is 38.1 Å². The second kappa shape index (κ2) is 15.5. The summed E-state index contributed by atoms with van der Waals surface area (Å²) in [6, 6.07) is 11.8. The normalized spacial score (nSPS) is 13.8. The van der Waals surface area contributed by atoms with Crippen LogP contribution >= 0.6 is 23.2 Å². The molecule has 4 rings (SSSR count). The number of nitrogens with one attached hydrogen (secondary N) is 2. The number of halogens is 2. The van der Waals surface area contributed by atoms with Crippen molar-refractivity contribution in [1.82, 2.24) is 5.32 Å². The van der Waals surface area contributed by atoms with E-state index in [0.717, 1.165) is 16.9 Å². The van der Waals surface area contributed by atoms with Gasteiger partial charge in [0.2, 0.25) is 0 Å². The first kappa shape index (κ1) is 34.1. The van der Waals surface area contributed by atoms with Crippen molar-refractivity contribution in [3.05, 3.63) is 75.3 Å². The smallest absolute Gasteiger partial charge is 0.335 e. The van der Waals surface area contributed by atoms with Crippen molar-refractivity contribution >= 4 is 64.4 Å². The van der Waals surface area contributed by atoms with Crippen LogP contribution in [0, 0.1) is 6.92 Å². The molecule has 11 nitrogen and oxygen atoms in total. The second-order valence-corrected chi connectivity index (χ2v) is 10.7. The predicted octanol–water partition coefficient (Wildman–Crippen LogP) is 6.57. The molecule has 0 saturated carbocycles. The van der Waals surface area contributed by atoms with Gasteiger partial charge in [-0.25, -0.2) is 9.69 Å². The van der Waals surface area contributed by atoms with E-state index in [4.69, 9.17) is 42.1 Å². The van der Waals surface area contributed by atoms with Gasteiger partial charge in [-0.05, 0) is 80.8 Å².